The quantitative estimate of drug-likeness (QED) is 0.926. The van der Waals surface area contributed by atoms with Crippen molar-refractivity contribution in [1.82, 2.24) is 10.3 Å². The first-order chi connectivity index (χ1) is 9.37. The highest BCUT2D eigenvalue weighted by Gasteiger charge is 2.33. The molecule has 4 nitrogen and oxygen atoms in total. The molecule has 5 heteroatoms. The van der Waals surface area contributed by atoms with E-state index in [1.807, 2.05) is 20.8 Å². The van der Waals surface area contributed by atoms with E-state index in [4.69, 9.17) is 4.74 Å². The lowest BCUT2D eigenvalue weighted by atomic mass is 9.87. The third-order valence-corrected chi connectivity index (χ3v) is 3.62. The average molecular weight is 280 g/mol. The fourth-order valence-electron chi connectivity index (χ4n) is 2.50. The van der Waals surface area contributed by atoms with Crippen LogP contribution in [-0.4, -0.2) is 23.1 Å². The minimum Gasteiger partial charge on any atom is -0.376 e. The van der Waals surface area contributed by atoms with Gasteiger partial charge < -0.3 is 10.1 Å². The van der Waals surface area contributed by atoms with Crippen molar-refractivity contribution in [1.29, 1.82) is 0 Å². The summed E-state index contributed by atoms with van der Waals surface area (Å²) in [6.07, 6.45) is 2.61. The molecule has 1 N–H and O–H groups in total. The van der Waals surface area contributed by atoms with E-state index in [0.717, 1.165) is 12.6 Å². The normalized spacial score (nSPS) is 23.1. The van der Waals surface area contributed by atoms with Crippen molar-refractivity contribution in [2.75, 3.05) is 6.61 Å². The van der Waals surface area contributed by atoms with Crippen LogP contribution in [0.3, 0.4) is 0 Å². The number of nitrogens with one attached hydrogen (secondary N) is 1. The largest absolute Gasteiger partial charge is 0.376 e. The Balaban J connectivity index is 1.95. The molecule has 1 aromatic heterocycles. The first kappa shape index (κ1) is 14.9. The molecule has 2 rings (SSSR count). The van der Waals surface area contributed by atoms with Crippen molar-refractivity contribution in [2.24, 2.45) is 5.92 Å². The Morgan fingerprint density at radius 3 is 2.90 bits per heavy atom. The van der Waals surface area contributed by atoms with E-state index >= 15 is 0 Å². The Hall–Kier alpha value is -1.49. The van der Waals surface area contributed by atoms with Crippen LogP contribution in [0.5, 0.6) is 0 Å². The van der Waals surface area contributed by atoms with Crippen molar-refractivity contribution in [2.45, 2.75) is 45.3 Å². The Morgan fingerprint density at radius 1 is 1.55 bits per heavy atom. The number of ether oxygens (including phenoxy) is 1. The van der Waals surface area contributed by atoms with Crippen molar-refractivity contribution in [3.05, 3.63) is 29.8 Å². The Labute approximate surface area is 118 Å². The lowest BCUT2D eigenvalue weighted by molar-refractivity contribution is -0.135. The zero-order valence-corrected chi connectivity index (χ0v) is 12.1. The minimum absolute atomic E-state index is 0.0139. The maximum Gasteiger partial charge on any atom is 0.223 e. The van der Waals surface area contributed by atoms with Gasteiger partial charge >= 0.3 is 0 Å². The maximum absolute atomic E-state index is 12.8. The molecule has 110 valence electrons. The zero-order valence-electron chi connectivity index (χ0n) is 12.1. The van der Waals surface area contributed by atoms with Gasteiger partial charge in [-0.15, -0.1) is 0 Å². The number of carbonyl (C=O) groups excluding carboxylic acids is 1. The van der Waals surface area contributed by atoms with E-state index in [-0.39, 0.29) is 29.3 Å². The number of halogens is 1. The van der Waals surface area contributed by atoms with Gasteiger partial charge in [0.1, 0.15) is 5.82 Å². The van der Waals surface area contributed by atoms with Gasteiger partial charge in [0.2, 0.25) is 5.91 Å². The highest BCUT2D eigenvalue weighted by molar-refractivity contribution is 5.79. The van der Waals surface area contributed by atoms with Gasteiger partial charge in [-0.1, -0.05) is 0 Å². The van der Waals surface area contributed by atoms with Crippen LogP contribution in [-0.2, 0) is 9.53 Å². The van der Waals surface area contributed by atoms with Crippen LogP contribution in [0.2, 0.25) is 0 Å². The molecule has 1 unspecified atom stereocenters. The molecule has 1 aromatic rings. The standard InChI is InChI=1S/C15H21FN2O2/c1-10(13-5-4-12(16)9-17-13)18-14(19)11-6-7-20-15(2,3)8-11/h4-5,9-11H,6-8H2,1-3H3,(H,18,19)/t10-,11?/m0/s1. The summed E-state index contributed by atoms with van der Waals surface area (Å²) >= 11 is 0. The molecule has 0 aliphatic carbocycles. The second-order valence-electron chi connectivity index (χ2n) is 5.93. The third kappa shape index (κ3) is 3.76. The maximum atomic E-state index is 12.8. The summed E-state index contributed by atoms with van der Waals surface area (Å²) in [6, 6.07) is 2.71. The summed E-state index contributed by atoms with van der Waals surface area (Å²) in [5.74, 6) is -0.403. The first-order valence-electron chi connectivity index (χ1n) is 6.93. The highest BCUT2D eigenvalue weighted by atomic mass is 19.1. The molecule has 2 atom stereocenters. The number of rotatable bonds is 3. The lowest BCUT2D eigenvalue weighted by Gasteiger charge is -2.35. The topological polar surface area (TPSA) is 51.2 Å². The van der Waals surface area contributed by atoms with Crippen LogP contribution in [0, 0.1) is 11.7 Å². The number of hydrogen-bond acceptors (Lipinski definition) is 3. The molecule has 1 aliphatic rings. The van der Waals surface area contributed by atoms with Gasteiger partial charge in [0.25, 0.3) is 0 Å². The van der Waals surface area contributed by atoms with E-state index in [2.05, 4.69) is 10.3 Å². The fourth-order valence-corrected chi connectivity index (χ4v) is 2.50. The van der Waals surface area contributed by atoms with Crippen molar-refractivity contribution in [3.8, 4) is 0 Å². The van der Waals surface area contributed by atoms with E-state index in [9.17, 15) is 9.18 Å². The first-order valence-corrected chi connectivity index (χ1v) is 6.93. The van der Waals surface area contributed by atoms with E-state index in [0.29, 0.717) is 18.7 Å². The molecule has 0 aromatic carbocycles. The van der Waals surface area contributed by atoms with E-state index in [1.54, 1.807) is 6.07 Å². The van der Waals surface area contributed by atoms with Gasteiger partial charge in [-0.3, -0.25) is 9.78 Å². The molecule has 1 aliphatic heterocycles. The summed E-state index contributed by atoms with van der Waals surface area (Å²) in [5, 5.41) is 2.94. The summed E-state index contributed by atoms with van der Waals surface area (Å²) in [6.45, 7) is 6.45. The van der Waals surface area contributed by atoms with Gasteiger partial charge in [0.05, 0.1) is 23.5 Å². The van der Waals surface area contributed by atoms with Crippen LogP contribution >= 0.6 is 0 Å². The number of nitrogens with zero attached hydrogens (tertiary/aromatic N) is 1. The van der Waals surface area contributed by atoms with Crippen molar-refractivity contribution < 1.29 is 13.9 Å². The number of pyridine rings is 1. The molecule has 1 fully saturated rings. The van der Waals surface area contributed by atoms with Gasteiger partial charge in [-0.25, -0.2) is 4.39 Å². The van der Waals surface area contributed by atoms with E-state index in [1.165, 1.54) is 6.07 Å². The van der Waals surface area contributed by atoms with Crippen LogP contribution in [0.15, 0.2) is 18.3 Å². The molecule has 20 heavy (non-hydrogen) atoms. The predicted octanol–water partition coefficient (Wildman–Crippen LogP) is 2.60. The molecule has 0 spiro atoms. The monoisotopic (exact) mass is 280 g/mol. The summed E-state index contributed by atoms with van der Waals surface area (Å²) in [4.78, 5) is 16.3. The lowest BCUT2D eigenvalue weighted by Crippen LogP contribution is -2.42. The number of hydrogen-bond donors (Lipinski definition) is 1. The molecular formula is C15H21FN2O2. The second-order valence-corrected chi connectivity index (χ2v) is 5.93. The number of amides is 1. The van der Waals surface area contributed by atoms with E-state index < -0.39 is 0 Å². The number of carbonyl (C=O) groups is 1. The fraction of sp³-hybridized carbons (Fsp3) is 0.600. The van der Waals surface area contributed by atoms with Crippen molar-refractivity contribution >= 4 is 5.91 Å². The predicted molar refractivity (Wildman–Crippen MR) is 73.5 cm³/mol. The van der Waals surface area contributed by atoms with Gasteiger partial charge in [-0.2, -0.15) is 0 Å². The smallest absolute Gasteiger partial charge is 0.223 e. The third-order valence-electron chi connectivity index (χ3n) is 3.62. The highest BCUT2D eigenvalue weighted by Crippen LogP contribution is 2.29. The SMILES string of the molecule is C[C@H](NC(=O)C1CCOC(C)(C)C1)c1ccc(F)cn1. The Kier molecular flexibility index (Phi) is 4.38. The Morgan fingerprint density at radius 2 is 2.30 bits per heavy atom. The number of aromatic nitrogens is 1. The molecule has 1 amide bonds. The molecule has 0 saturated carbocycles. The molecule has 0 radical (unpaired) electrons. The second kappa shape index (κ2) is 5.87. The molecular weight excluding hydrogens is 259 g/mol. The minimum atomic E-state index is -0.376. The van der Waals surface area contributed by atoms with Crippen LogP contribution in [0.25, 0.3) is 0 Å². The van der Waals surface area contributed by atoms with Crippen LogP contribution in [0.4, 0.5) is 4.39 Å². The molecule has 0 bridgehead atoms. The van der Waals surface area contributed by atoms with Gasteiger partial charge in [-0.05, 0) is 45.7 Å². The van der Waals surface area contributed by atoms with Crippen molar-refractivity contribution in [3.63, 3.8) is 0 Å². The zero-order chi connectivity index (χ0) is 14.8. The van der Waals surface area contributed by atoms with Crippen LogP contribution in [0.1, 0.15) is 45.3 Å². The molecule has 2 heterocycles. The Bertz CT molecular complexity index is 473. The van der Waals surface area contributed by atoms with Gasteiger partial charge in [0, 0.05) is 12.5 Å². The average Bonchev–Trinajstić information content (AvgIpc) is 2.38. The molecule has 1 saturated heterocycles. The summed E-state index contributed by atoms with van der Waals surface area (Å²) < 4.78 is 18.4. The summed E-state index contributed by atoms with van der Waals surface area (Å²) in [7, 11) is 0. The summed E-state index contributed by atoms with van der Waals surface area (Å²) in [5.41, 5.74) is 0.406. The van der Waals surface area contributed by atoms with Gasteiger partial charge in [0.15, 0.2) is 0 Å². The van der Waals surface area contributed by atoms with Crippen LogP contribution < -0.4 is 5.32 Å².